The number of carbonyl (C=O) groups is 1. The molecular weight excluding hydrogens is 422 g/mol. The Labute approximate surface area is 193 Å². The van der Waals surface area contributed by atoms with Crippen molar-refractivity contribution in [3.63, 3.8) is 0 Å². The van der Waals surface area contributed by atoms with Crippen LogP contribution in [0.2, 0.25) is 0 Å². The van der Waals surface area contributed by atoms with Gasteiger partial charge in [-0.15, -0.1) is 0 Å². The van der Waals surface area contributed by atoms with E-state index in [0.717, 1.165) is 24.2 Å². The lowest BCUT2D eigenvalue weighted by atomic mass is 10.0. The van der Waals surface area contributed by atoms with E-state index in [1.807, 2.05) is 23.1 Å². The highest BCUT2D eigenvalue weighted by molar-refractivity contribution is 5.91. The van der Waals surface area contributed by atoms with E-state index in [0.29, 0.717) is 35.4 Å². The van der Waals surface area contributed by atoms with Crippen LogP contribution in [-0.4, -0.2) is 43.8 Å². The molecule has 2 heterocycles. The van der Waals surface area contributed by atoms with E-state index in [2.05, 4.69) is 10.3 Å². The number of hydrogen-bond acceptors (Lipinski definition) is 6. The first-order valence-electron chi connectivity index (χ1n) is 10.7. The minimum Gasteiger partial charge on any atom is -0.497 e. The number of benzene rings is 2. The quantitative estimate of drug-likeness (QED) is 0.529. The third-order valence-corrected chi connectivity index (χ3v) is 5.60. The van der Waals surface area contributed by atoms with Gasteiger partial charge in [-0.1, -0.05) is 0 Å². The van der Waals surface area contributed by atoms with E-state index in [4.69, 9.17) is 18.9 Å². The molecule has 1 saturated heterocycles. The molecule has 1 N–H and O–H groups in total. The van der Waals surface area contributed by atoms with Crippen molar-refractivity contribution in [1.29, 1.82) is 0 Å². The first-order chi connectivity index (χ1) is 16.1. The normalized spacial score (nSPS) is 15.1. The summed E-state index contributed by atoms with van der Waals surface area (Å²) in [6.45, 7) is 0.639. The van der Waals surface area contributed by atoms with Crippen molar-refractivity contribution in [2.45, 2.75) is 18.9 Å². The molecule has 3 aromatic rings. The van der Waals surface area contributed by atoms with Gasteiger partial charge in [-0.25, -0.2) is 9.78 Å². The Bertz CT molecular complexity index is 1100. The minimum atomic E-state index is -0.219. The van der Waals surface area contributed by atoms with E-state index in [9.17, 15) is 4.79 Å². The molecule has 0 aliphatic carbocycles. The van der Waals surface area contributed by atoms with E-state index in [-0.39, 0.29) is 12.1 Å². The third kappa shape index (κ3) is 4.95. The zero-order valence-corrected chi connectivity index (χ0v) is 18.9. The van der Waals surface area contributed by atoms with Crippen LogP contribution in [0.5, 0.6) is 28.9 Å². The number of aromatic nitrogens is 1. The summed E-state index contributed by atoms with van der Waals surface area (Å²) in [5, 5.41) is 2.96. The maximum absolute atomic E-state index is 13.3. The van der Waals surface area contributed by atoms with Gasteiger partial charge in [-0.05, 0) is 61.4 Å². The van der Waals surface area contributed by atoms with Crippen molar-refractivity contribution in [3.8, 4) is 28.9 Å². The summed E-state index contributed by atoms with van der Waals surface area (Å²) in [7, 11) is 4.84. The first-order valence-corrected chi connectivity index (χ1v) is 10.7. The summed E-state index contributed by atoms with van der Waals surface area (Å²) in [6.07, 6.45) is 3.36. The minimum absolute atomic E-state index is 0.103. The lowest BCUT2D eigenvalue weighted by molar-refractivity contribution is 0.206. The maximum Gasteiger partial charge on any atom is 0.322 e. The molecule has 4 rings (SSSR count). The summed E-state index contributed by atoms with van der Waals surface area (Å²) < 4.78 is 22.0. The van der Waals surface area contributed by atoms with Gasteiger partial charge < -0.3 is 29.2 Å². The molecule has 8 nitrogen and oxygen atoms in total. The zero-order chi connectivity index (χ0) is 23.2. The molecule has 2 aromatic carbocycles. The van der Waals surface area contributed by atoms with Crippen molar-refractivity contribution in [2.75, 3.05) is 33.2 Å². The average Bonchev–Trinajstić information content (AvgIpc) is 3.35. The number of likely N-dealkylation sites (tertiary alicyclic amines) is 1. The molecule has 0 spiro atoms. The fourth-order valence-corrected chi connectivity index (χ4v) is 3.94. The van der Waals surface area contributed by atoms with Crippen LogP contribution in [0.25, 0.3) is 0 Å². The largest absolute Gasteiger partial charge is 0.497 e. The van der Waals surface area contributed by atoms with Crippen LogP contribution in [-0.2, 0) is 0 Å². The van der Waals surface area contributed by atoms with Crippen molar-refractivity contribution < 1.29 is 23.7 Å². The molecule has 33 heavy (non-hydrogen) atoms. The van der Waals surface area contributed by atoms with Crippen molar-refractivity contribution >= 4 is 11.7 Å². The van der Waals surface area contributed by atoms with Gasteiger partial charge in [0.25, 0.3) is 0 Å². The summed E-state index contributed by atoms with van der Waals surface area (Å²) >= 11 is 0. The monoisotopic (exact) mass is 449 g/mol. The lowest BCUT2D eigenvalue weighted by Crippen LogP contribution is -2.34. The Hall–Kier alpha value is -3.94. The highest BCUT2D eigenvalue weighted by Gasteiger charge is 2.32. The topological polar surface area (TPSA) is 82.2 Å². The Morgan fingerprint density at radius 2 is 1.70 bits per heavy atom. The van der Waals surface area contributed by atoms with E-state index >= 15 is 0 Å². The van der Waals surface area contributed by atoms with Crippen LogP contribution in [0.3, 0.4) is 0 Å². The number of rotatable bonds is 7. The van der Waals surface area contributed by atoms with E-state index in [1.165, 1.54) is 0 Å². The molecule has 172 valence electrons. The van der Waals surface area contributed by atoms with Crippen molar-refractivity contribution in [3.05, 3.63) is 66.4 Å². The number of ether oxygens (including phenoxy) is 4. The number of methoxy groups -OCH3 is 3. The van der Waals surface area contributed by atoms with Gasteiger partial charge in [0.15, 0.2) is 0 Å². The van der Waals surface area contributed by atoms with Crippen LogP contribution in [0.4, 0.5) is 10.5 Å². The molecule has 1 unspecified atom stereocenters. The Morgan fingerprint density at radius 3 is 2.42 bits per heavy atom. The van der Waals surface area contributed by atoms with Crippen LogP contribution in [0.15, 0.2) is 60.8 Å². The number of nitrogens with one attached hydrogen (secondary N) is 1. The molecule has 8 heteroatoms. The second kappa shape index (κ2) is 10.1. The van der Waals surface area contributed by atoms with Gasteiger partial charge in [0.2, 0.25) is 5.88 Å². The number of urea groups is 1. The van der Waals surface area contributed by atoms with Crippen molar-refractivity contribution in [1.82, 2.24) is 9.88 Å². The lowest BCUT2D eigenvalue weighted by Gasteiger charge is -2.27. The van der Waals surface area contributed by atoms with Gasteiger partial charge in [0.05, 0.1) is 27.4 Å². The summed E-state index contributed by atoms with van der Waals surface area (Å²) in [6, 6.07) is 16.0. The first kappa shape index (κ1) is 22.3. The summed E-state index contributed by atoms with van der Waals surface area (Å²) in [5.41, 5.74) is 1.44. The maximum atomic E-state index is 13.3. The standard InChI is InChI=1S/C25H27N3O5/c1-30-17-8-10-18(11-9-17)33-24-21(6-4-14-26-24)27-25(29)28-15-5-7-22(28)20-13-12-19(31-2)16-23(20)32-3/h4,6,8-14,16,22H,5,7,15H2,1-3H3,(H,27,29). The fourth-order valence-electron chi connectivity index (χ4n) is 3.94. The third-order valence-electron chi connectivity index (χ3n) is 5.60. The van der Waals surface area contributed by atoms with Crippen LogP contribution in [0, 0.1) is 0 Å². The number of hydrogen-bond donors (Lipinski definition) is 1. The Balaban J connectivity index is 1.52. The number of nitrogens with zero attached hydrogens (tertiary/aromatic N) is 2. The summed E-state index contributed by atoms with van der Waals surface area (Å²) in [5.74, 6) is 3.04. The molecule has 1 atom stereocenters. The molecule has 1 aliphatic heterocycles. The zero-order valence-electron chi connectivity index (χ0n) is 18.9. The SMILES string of the molecule is COc1ccc(Oc2ncccc2NC(=O)N2CCCC2c2ccc(OC)cc2OC)cc1. The van der Waals surface area contributed by atoms with Crippen LogP contribution >= 0.6 is 0 Å². The summed E-state index contributed by atoms with van der Waals surface area (Å²) in [4.78, 5) is 19.4. The van der Waals surface area contributed by atoms with Crippen molar-refractivity contribution in [2.24, 2.45) is 0 Å². The predicted molar refractivity (Wildman–Crippen MR) is 125 cm³/mol. The highest BCUT2D eigenvalue weighted by Crippen LogP contribution is 2.39. The van der Waals surface area contributed by atoms with Gasteiger partial charge in [-0.3, -0.25) is 0 Å². The Morgan fingerprint density at radius 1 is 0.970 bits per heavy atom. The fraction of sp³-hybridized carbons (Fsp3) is 0.280. The van der Waals surface area contributed by atoms with Crippen LogP contribution < -0.4 is 24.3 Å². The second-order valence-corrected chi connectivity index (χ2v) is 7.52. The molecule has 1 aliphatic rings. The van der Waals surface area contributed by atoms with Crippen LogP contribution in [0.1, 0.15) is 24.4 Å². The smallest absolute Gasteiger partial charge is 0.322 e. The number of amides is 2. The van der Waals surface area contributed by atoms with Gasteiger partial charge in [-0.2, -0.15) is 0 Å². The molecule has 0 radical (unpaired) electrons. The molecule has 0 bridgehead atoms. The van der Waals surface area contributed by atoms with Gasteiger partial charge >= 0.3 is 6.03 Å². The van der Waals surface area contributed by atoms with E-state index in [1.54, 1.807) is 63.9 Å². The van der Waals surface area contributed by atoms with Gasteiger partial charge in [0.1, 0.15) is 28.7 Å². The van der Waals surface area contributed by atoms with Gasteiger partial charge in [0, 0.05) is 24.4 Å². The molecule has 1 fully saturated rings. The average molecular weight is 450 g/mol. The molecule has 1 aromatic heterocycles. The second-order valence-electron chi connectivity index (χ2n) is 7.52. The molecular formula is C25H27N3O5. The Kier molecular flexibility index (Phi) is 6.83. The number of anilines is 1. The van der Waals surface area contributed by atoms with E-state index < -0.39 is 0 Å². The number of pyridine rings is 1. The highest BCUT2D eigenvalue weighted by atomic mass is 16.5. The number of carbonyl (C=O) groups excluding carboxylic acids is 1. The molecule has 2 amide bonds. The predicted octanol–water partition coefficient (Wildman–Crippen LogP) is 5.27. The molecule has 0 saturated carbocycles.